The molecule has 2 N–H and O–H groups in total. The minimum Gasteiger partial charge on any atom is -0.465 e. The SMILES string of the molecule is COC(=O)c1ccccc1-n1c(C)cc([C@@H]2[C@H](c3ccccn3)NC(=S)N2CC(=O)Nc2ccccc2)c1C. The molecule has 4 aromatic rings. The number of nitrogens with zero attached hydrogens (tertiary/aromatic N) is 3. The van der Waals surface area contributed by atoms with Crippen molar-refractivity contribution in [3.05, 3.63) is 113 Å². The van der Waals surface area contributed by atoms with Gasteiger partial charge in [0.2, 0.25) is 5.91 Å². The molecule has 5 rings (SSSR count). The lowest BCUT2D eigenvalue weighted by atomic mass is 9.96. The van der Waals surface area contributed by atoms with E-state index in [2.05, 4.69) is 21.7 Å². The van der Waals surface area contributed by atoms with Gasteiger partial charge in [0.05, 0.1) is 36.1 Å². The Balaban J connectivity index is 1.57. The minimum absolute atomic E-state index is 0.0527. The summed E-state index contributed by atoms with van der Waals surface area (Å²) in [6.45, 7) is 4.06. The van der Waals surface area contributed by atoms with E-state index in [4.69, 9.17) is 17.0 Å². The Morgan fingerprint density at radius 1 is 1.03 bits per heavy atom. The standard InChI is InChI=1S/C30H29N5O3S/c1-19-17-23(20(2)35(19)25-15-8-7-13-22(25)29(37)38-3)28-27(24-14-9-10-16-31-24)33-30(39)34(28)18-26(36)32-21-11-5-4-6-12-21/h4-17,27-28H,18H2,1-3H3,(H,32,36)(H,33,39)/t27-,28+/m0/s1. The molecule has 198 valence electrons. The van der Waals surface area contributed by atoms with E-state index in [0.29, 0.717) is 10.7 Å². The lowest BCUT2D eigenvalue weighted by Crippen LogP contribution is -2.37. The summed E-state index contributed by atoms with van der Waals surface area (Å²) in [7, 11) is 1.38. The zero-order valence-corrected chi connectivity index (χ0v) is 22.7. The van der Waals surface area contributed by atoms with Crippen LogP contribution in [-0.2, 0) is 9.53 Å². The van der Waals surface area contributed by atoms with Crippen LogP contribution >= 0.6 is 12.2 Å². The van der Waals surface area contributed by atoms with Gasteiger partial charge in [-0.05, 0) is 74.1 Å². The number of amides is 1. The molecular formula is C30H29N5O3S. The fourth-order valence-corrected chi connectivity index (χ4v) is 5.51. The van der Waals surface area contributed by atoms with Crippen LogP contribution in [0.15, 0.2) is 85.1 Å². The number of hydrogen-bond acceptors (Lipinski definition) is 5. The molecule has 0 aliphatic carbocycles. The van der Waals surface area contributed by atoms with Crippen LogP contribution in [0.5, 0.6) is 0 Å². The molecule has 2 atom stereocenters. The molecular weight excluding hydrogens is 510 g/mol. The van der Waals surface area contributed by atoms with E-state index in [1.807, 2.05) is 90.0 Å². The Morgan fingerprint density at radius 2 is 1.74 bits per heavy atom. The van der Waals surface area contributed by atoms with Crippen molar-refractivity contribution in [1.29, 1.82) is 0 Å². The van der Waals surface area contributed by atoms with Crippen molar-refractivity contribution in [3.63, 3.8) is 0 Å². The van der Waals surface area contributed by atoms with Crippen molar-refractivity contribution < 1.29 is 14.3 Å². The smallest absolute Gasteiger partial charge is 0.339 e. The van der Waals surface area contributed by atoms with Crippen molar-refractivity contribution in [2.75, 3.05) is 19.0 Å². The molecule has 0 unspecified atom stereocenters. The summed E-state index contributed by atoms with van der Waals surface area (Å²) in [5.41, 5.74) is 5.56. The summed E-state index contributed by atoms with van der Waals surface area (Å²) < 4.78 is 7.09. The number of methoxy groups -OCH3 is 1. The zero-order chi connectivity index (χ0) is 27.5. The number of carbonyl (C=O) groups excluding carboxylic acids is 2. The Morgan fingerprint density at radius 3 is 2.46 bits per heavy atom. The predicted molar refractivity (Wildman–Crippen MR) is 154 cm³/mol. The second-order valence-corrected chi connectivity index (χ2v) is 9.73. The van der Waals surface area contributed by atoms with Gasteiger partial charge in [0, 0.05) is 23.3 Å². The van der Waals surface area contributed by atoms with Crippen LogP contribution in [0.4, 0.5) is 5.69 Å². The number of ether oxygens (including phenoxy) is 1. The number of carbonyl (C=O) groups is 2. The number of esters is 1. The fraction of sp³-hybridized carbons (Fsp3) is 0.200. The van der Waals surface area contributed by atoms with Gasteiger partial charge in [0.15, 0.2) is 5.11 Å². The van der Waals surface area contributed by atoms with E-state index < -0.39 is 5.97 Å². The van der Waals surface area contributed by atoms with Crippen LogP contribution in [0.25, 0.3) is 5.69 Å². The number of pyridine rings is 1. The average Bonchev–Trinajstić information content (AvgIpc) is 3.43. The number of anilines is 1. The van der Waals surface area contributed by atoms with Gasteiger partial charge >= 0.3 is 5.97 Å². The van der Waals surface area contributed by atoms with Gasteiger partial charge in [-0.1, -0.05) is 36.4 Å². The summed E-state index contributed by atoms with van der Waals surface area (Å²) >= 11 is 5.76. The minimum atomic E-state index is -0.408. The summed E-state index contributed by atoms with van der Waals surface area (Å²) in [4.78, 5) is 32.2. The number of nitrogens with one attached hydrogen (secondary N) is 2. The van der Waals surface area contributed by atoms with Crippen molar-refractivity contribution in [1.82, 2.24) is 19.8 Å². The van der Waals surface area contributed by atoms with Gasteiger partial charge in [-0.15, -0.1) is 0 Å². The summed E-state index contributed by atoms with van der Waals surface area (Å²) in [6, 6.07) is 23.9. The number of hydrogen-bond donors (Lipinski definition) is 2. The molecule has 2 aromatic heterocycles. The normalized spacial score (nSPS) is 16.6. The number of aromatic nitrogens is 2. The van der Waals surface area contributed by atoms with Crippen LogP contribution in [0.1, 0.15) is 45.1 Å². The second kappa shape index (κ2) is 11.1. The molecule has 2 aromatic carbocycles. The van der Waals surface area contributed by atoms with Crippen LogP contribution in [0.3, 0.4) is 0 Å². The van der Waals surface area contributed by atoms with Gasteiger partial charge in [0.1, 0.15) is 6.54 Å². The monoisotopic (exact) mass is 539 g/mol. The number of thiocarbonyl (C=S) groups is 1. The highest BCUT2D eigenvalue weighted by molar-refractivity contribution is 7.80. The molecule has 8 nitrogen and oxygen atoms in total. The highest BCUT2D eigenvalue weighted by Gasteiger charge is 2.42. The Labute approximate surface area is 232 Å². The molecule has 1 fully saturated rings. The van der Waals surface area contributed by atoms with Gasteiger partial charge in [-0.3, -0.25) is 9.78 Å². The van der Waals surface area contributed by atoms with E-state index in [9.17, 15) is 9.59 Å². The van der Waals surface area contributed by atoms with Crippen LogP contribution in [0.2, 0.25) is 0 Å². The molecule has 1 aliphatic heterocycles. The van der Waals surface area contributed by atoms with Crippen molar-refractivity contribution in [3.8, 4) is 5.69 Å². The molecule has 0 saturated carbocycles. The first-order valence-corrected chi connectivity index (χ1v) is 13.0. The predicted octanol–water partition coefficient (Wildman–Crippen LogP) is 4.89. The molecule has 1 saturated heterocycles. The van der Waals surface area contributed by atoms with Crippen molar-refractivity contribution >= 4 is 34.9 Å². The van der Waals surface area contributed by atoms with Gasteiger partial charge in [-0.25, -0.2) is 4.79 Å². The maximum Gasteiger partial charge on any atom is 0.339 e. The Hall–Kier alpha value is -4.50. The Kier molecular flexibility index (Phi) is 7.42. The molecule has 3 heterocycles. The summed E-state index contributed by atoms with van der Waals surface area (Å²) in [5.74, 6) is -0.587. The highest BCUT2D eigenvalue weighted by Crippen LogP contribution is 2.41. The lowest BCUT2D eigenvalue weighted by Gasteiger charge is -2.27. The summed E-state index contributed by atoms with van der Waals surface area (Å²) in [5, 5.41) is 6.83. The molecule has 9 heteroatoms. The third-order valence-corrected chi connectivity index (χ3v) is 7.26. The molecule has 0 radical (unpaired) electrons. The molecule has 0 bridgehead atoms. The molecule has 0 spiro atoms. The van der Waals surface area contributed by atoms with E-state index in [1.165, 1.54) is 7.11 Å². The van der Waals surface area contributed by atoms with Gasteiger partial charge in [-0.2, -0.15) is 0 Å². The fourth-order valence-electron chi connectivity index (χ4n) is 5.20. The topological polar surface area (TPSA) is 88.5 Å². The third-order valence-electron chi connectivity index (χ3n) is 6.91. The van der Waals surface area contributed by atoms with Gasteiger partial charge in [0.25, 0.3) is 0 Å². The quantitative estimate of drug-likeness (QED) is 0.255. The van der Waals surface area contributed by atoms with Crippen molar-refractivity contribution in [2.45, 2.75) is 25.9 Å². The van der Waals surface area contributed by atoms with Crippen LogP contribution in [-0.4, -0.2) is 45.1 Å². The highest BCUT2D eigenvalue weighted by atomic mass is 32.1. The maximum atomic E-state index is 13.2. The molecule has 1 aliphatic rings. The summed E-state index contributed by atoms with van der Waals surface area (Å²) in [6.07, 6.45) is 1.75. The Bertz CT molecular complexity index is 1520. The zero-order valence-electron chi connectivity index (χ0n) is 21.9. The number of benzene rings is 2. The average molecular weight is 540 g/mol. The molecule has 1 amide bonds. The lowest BCUT2D eigenvalue weighted by molar-refractivity contribution is -0.116. The third kappa shape index (κ3) is 5.13. The van der Waals surface area contributed by atoms with E-state index in [1.54, 1.807) is 12.3 Å². The largest absolute Gasteiger partial charge is 0.465 e. The van der Waals surface area contributed by atoms with E-state index in [-0.39, 0.29) is 24.5 Å². The number of para-hydroxylation sites is 2. The first-order valence-electron chi connectivity index (χ1n) is 12.6. The first-order chi connectivity index (χ1) is 18.9. The number of rotatable bonds is 7. The van der Waals surface area contributed by atoms with E-state index in [0.717, 1.165) is 34.0 Å². The second-order valence-electron chi connectivity index (χ2n) is 9.34. The van der Waals surface area contributed by atoms with Crippen LogP contribution in [0, 0.1) is 13.8 Å². The van der Waals surface area contributed by atoms with E-state index >= 15 is 0 Å². The number of aryl methyl sites for hydroxylation is 1. The first kappa shape index (κ1) is 26.1. The van der Waals surface area contributed by atoms with Gasteiger partial charge < -0.3 is 24.8 Å². The van der Waals surface area contributed by atoms with Crippen LogP contribution < -0.4 is 10.6 Å². The molecule has 39 heavy (non-hydrogen) atoms. The maximum absolute atomic E-state index is 13.2. The van der Waals surface area contributed by atoms with Crippen molar-refractivity contribution in [2.24, 2.45) is 0 Å².